The fourth-order valence-corrected chi connectivity index (χ4v) is 4.07. The molecule has 0 radical (unpaired) electrons. The number of benzene rings is 1. The highest BCUT2D eigenvalue weighted by molar-refractivity contribution is 7.18. The van der Waals surface area contributed by atoms with Crippen LogP contribution in [0.3, 0.4) is 0 Å². The topological polar surface area (TPSA) is 90.9 Å². The molecule has 0 aliphatic carbocycles. The van der Waals surface area contributed by atoms with Gasteiger partial charge in [0.1, 0.15) is 15.6 Å². The van der Waals surface area contributed by atoms with Crippen LogP contribution in [0.1, 0.15) is 70.3 Å². The van der Waals surface area contributed by atoms with Crippen LogP contribution in [0.25, 0.3) is 0 Å². The second-order valence-electron chi connectivity index (χ2n) is 7.70. The van der Waals surface area contributed by atoms with Gasteiger partial charge in [-0.1, -0.05) is 12.1 Å². The van der Waals surface area contributed by atoms with E-state index < -0.39 is 11.9 Å². The van der Waals surface area contributed by atoms with Crippen molar-refractivity contribution < 1.29 is 28.6 Å². The van der Waals surface area contributed by atoms with Crippen LogP contribution in [0.2, 0.25) is 0 Å². The minimum Gasteiger partial charge on any atom is -0.493 e. The number of thiophene rings is 1. The molecule has 1 aromatic heterocycles. The first-order chi connectivity index (χ1) is 15.1. The second-order valence-corrected chi connectivity index (χ2v) is 8.72. The van der Waals surface area contributed by atoms with Crippen molar-refractivity contribution in [2.75, 3.05) is 18.5 Å². The number of nitrogens with one attached hydrogen (secondary N) is 1. The summed E-state index contributed by atoms with van der Waals surface area (Å²) >= 11 is 1.02. The lowest BCUT2D eigenvalue weighted by Gasteiger charge is -2.10. The van der Waals surface area contributed by atoms with Crippen LogP contribution < -0.4 is 10.1 Å². The second kappa shape index (κ2) is 11.7. The molecule has 0 unspecified atom stereocenters. The third-order valence-electron chi connectivity index (χ3n) is 4.56. The number of rotatable bonds is 10. The predicted molar refractivity (Wildman–Crippen MR) is 125 cm³/mol. The molecule has 0 aliphatic rings. The molecule has 0 saturated carbocycles. The van der Waals surface area contributed by atoms with E-state index in [4.69, 9.17) is 14.2 Å². The largest absolute Gasteiger partial charge is 0.493 e. The van der Waals surface area contributed by atoms with Crippen LogP contribution in [0, 0.1) is 20.8 Å². The lowest BCUT2D eigenvalue weighted by molar-refractivity contribution is -0.116. The highest BCUT2D eigenvalue weighted by Crippen LogP contribution is 2.34. The summed E-state index contributed by atoms with van der Waals surface area (Å²) in [5, 5.41) is 3.04. The molecular formula is C24H31NO6S. The molecule has 0 fully saturated rings. The highest BCUT2D eigenvalue weighted by Gasteiger charge is 2.27. The van der Waals surface area contributed by atoms with Gasteiger partial charge in [0.2, 0.25) is 5.91 Å². The Balaban J connectivity index is 2.05. The van der Waals surface area contributed by atoms with Crippen LogP contribution in [-0.2, 0) is 14.3 Å². The van der Waals surface area contributed by atoms with Gasteiger partial charge >= 0.3 is 11.9 Å². The van der Waals surface area contributed by atoms with Crippen molar-refractivity contribution in [3.8, 4) is 5.75 Å². The quantitative estimate of drug-likeness (QED) is 0.386. The Morgan fingerprint density at radius 1 is 1.09 bits per heavy atom. The van der Waals surface area contributed by atoms with Crippen molar-refractivity contribution in [1.82, 2.24) is 0 Å². The molecule has 0 aliphatic heterocycles. The number of anilines is 1. The minimum atomic E-state index is -0.585. The average molecular weight is 462 g/mol. The number of esters is 2. The van der Waals surface area contributed by atoms with Gasteiger partial charge in [0.05, 0.1) is 24.9 Å². The van der Waals surface area contributed by atoms with Crippen molar-refractivity contribution in [3.05, 3.63) is 45.3 Å². The first-order valence-electron chi connectivity index (χ1n) is 10.6. The maximum absolute atomic E-state index is 12.5. The van der Waals surface area contributed by atoms with E-state index in [9.17, 15) is 14.4 Å². The normalized spacial score (nSPS) is 10.7. The van der Waals surface area contributed by atoms with Crippen LogP contribution in [0.5, 0.6) is 5.75 Å². The van der Waals surface area contributed by atoms with Gasteiger partial charge in [0.25, 0.3) is 0 Å². The zero-order chi connectivity index (χ0) is 23.8. The molecule has 0 saturated heterocycles. The third kappa shape index (κ3) is 6.82. The molecule has 0 bridgehead atoms. The smallest absolute Gasteiger partial charge is 0.348 e. The molecule has 2 aromatic rings. The summed E-state index contributed by atoms with van der Waals surface area (Å²) in [7, 11) is 0. The Kier molecular flexibility index (Phi) is 9.26. The summed E-state index contributed by atoms with van der Waals surface area (Å²) in [5.41, 5.74) is 2.77. The van der Waals surface area contributed by atoms with Crippen molar-refractivity contribution in [2.45, 2.75) is 60.5 Å². The zero-order valence-electron chi connectivity index (χ0n) is 19.5. The van der Waals surface area contributed by atoms with E-state index in [1.54, 1.807) is 27.7 Å². The van der Waals surface area contributed by atoms with Crippen LogP contribution in [-0.4, -0.2) is 37.2 Å². The summed E-state index contributed by atoms with van der Waals surface area (Å²) in [4.78, 5) is 37.7. The van der Waals surface area contributed by atoms with Gasteiger partial charge in [0.15, 0.2) is 0 Å². The van der Waals surface area contributed by atoms with E-state index in [0.29, 0.717) is 18.6 Å². The summed E-state index contributed by atoms with van der Waals surface area (Å²) in [6.45, 7) is 11.4. The molecular weight excluding hydrogens is 430 g/mol. The van der Waals surface area contributed by atoms with Gasteiger partial charge in [-0.3, -0.25) is 4.79 Å². The van der Waals surface area contributed by atoms with Gasteiger partial charge in [-0.25, -0.2) is 9.59 Å². The first kappa shape index (κ1) is 25.4. The molecule has 32 heavy (non-hydrogen) atoms. The molecule has 1 aromatic carbocycles. The SMILES string of the molecule is CCOC(=O)c1c(NC(=O)CCCOc2cc(C)ccc2C)sc(C(=O)OC(C)C)c1C. The number of amides is 1. The van der Waals surface area contributed by atoms with E-state index in [-0.39, 0.29) is 40.5 Å². The average Bonchev–Trinajstić information content (AvgIpc) is 3.03. The lowest BCUT2D eigenvalue weighted by Crippen LogP contribution is -2.15. The standard InChI is InChI=1S/C24H31NO6S/c1-7-29-23(27)20-17(6)21(24(28)31-14(2)3)32-22(20)25-19(26)9-8-12-30-18-13-15(4)10-11-16(18)5/h10-11,13-14H,7-9,12H2,1-6H3,(H,25,26). The Labute approximate surface area is 193 Å². The fraction of sp³-hybridized carbons (Fsp3) is 0.458. The van der Waals surface area contributed by atoms with E-state index in [1.807, 2.05) is 32.0 Å². The number of carbonyl (C=O) groups is 3. The number of hydrogen-bond acceptors (Lipinski definition) is 7. The maximum Gasteiger partial charge on any atom is 0.348 e. The maximum atomic E-state index is 12.5. The summed E-state index contributed by atoms with van der Waals surface area (Å²) < 4.78 is 16.2. The Hall–Kier alpha value is -2.87. The number of aryl methyl sites for hydroxylation is 2. The molecule has 1 heterocycles. The summed E-state index contributed by atoms with van der Waals surface area (Å²) in [6.07, 6.45) is 0.404. The van der Waals surface area contributed by atoms with Crippen LogP contribution >= 0.6 is 11.3 Å². The van der Waals surface area contributed by atoms with Gasteiger partial charge in [-0.15, -0.1) is 11.3 Å². The number of hydrogen-bond donors (Lipinski definition) is 1. The summed E-state index contributed by atoms with van der Waals surface area (Å²) in [6, 6.07) is 5.98. The zero-order valence-corrected chi connectivity index (χ0v) is 20.3. The van der Waals surface area contributed by atoms with E-state index in [1.165, 1.54) is 0 Å². The van der Waals surface area contributed by atoms with Gasteiger partial charge in [0, 0.05) is 6.42 Å². The Morgan fingerprint density at radius 2 is 1.81 bits per heavy atom. The van der Waals surface area contributed by atoms with E-state index in [2.05, 4.69) is 5.32 Å². The van der Waals surface area contributed by atoms with Gasteiger partial charge in [-0.2, -0.15) is 0 Å². The Bertz CT molecular complexity index is 979. The van der Waals surface area contributed by atoms with E-state index >= 15 is 0 Å². The molecule has 1 amide bonds. The predicted octanol–water partition coefficient (Wildman–Crippen LogP) is 5.21. The van der Waals surface area contributed by atoms with Crippen molar-refractivity contribution in [2.24, 2.45) is 0 Å². The van der Waals surface area contributed by atoms with Gasteiger partial charge in [-0.05, 0) is 70.7 Å². The number of carbonyl (C=O) groups excluding carboxylic acids is 3. The third-order valence-corrected chi connectivity index (χ3v) is 5.74. The molecule has 0 atom stereocenters. The number of ether oxygens (including phenoxy) is 3. The fourth-order valence-electron chi connectivity index (χ4n) is 2.98. The molecule has 174 valence electrons. The molecule has 0 spiro atoms. The van der Waals surface area contributed by atoms with E-state index in [0.717, 1.165) is 28.2 Å². The van der Waals surface area contributed by atoms with Crippen LogP contribution in [0.4, 0.5) is 5.00 Å². The molecule has 7 nitrogen and oxygen atoms in total. The molecule has 1 N–H and O–H groups in total. The minimum absolute atomic E-state index is 0.184. The van der Waals surface area contributed by atoms with Crippen LogP contribution in [0.15, 0.2) is 18.2 Å². The van der Waals surface area contributed by atoms with Gasteiger partial charge < -0.3 is 19.5 Å². The highest BCUT2D eigenvalue weighted by atomic mass is 32.1. The summed E-state index contributed by atoms with van der Waals surface area (Å²) in [5.74, 6) is -0.587. The van der Waals surface area contributed by atoms with Crippen molar-refractivity contribution in [3.63, 3.8) is 0 Å². The van der Waals surface area contributed by atoms with Crippen molar-refractivity contribution >= 4 is 34.2 Å². The van der Waals surface area contributed by atoms with Crippen molar-refractivity contribution in [1.29, 1.82) is 0 Å². The molecule has 2 rings (SSSR count). The lowest BCUT2D eigenvalue weighted by atomic mass is 10.1. The monoisotopic (exact) mass is 461 g/mol. The first-order valence-corrected chi connectivity index (χ1v) is 11.5. The Morgan fingerprint density at radius 3 is 2.47 bits per heavy atom. The molecule has 8 heteroatoms.